The second-order valence-electron chi connectivity index (χ2n) is 7.97. The Morgan fingerprint density at radius 1 is 1.30 bits per heavy atom. The summed E-state index contributed by atoms with van der Waals surface area (Å²) in [7, 11) is 0. The van der Waals surface area contributed by atoms with E-state index in [-0.39, 0.29) is 24.2 Å². The molecule has 1 fully saturated rings. The molecule has 1 atom stereocenters. The van der Waals surface area contributed by atoms with E-state index in [4.69, 9.17) is 0 Å². The van der Waals surface area contributed by atoms with Gasteiger partial charge in [0.15, 0.2) is 0 Å². The van der Waals surface area contributed by atoms with Gasteiger partial charge in [-0.2, -0.15) is 18.4 Å². The molecule has 0 aliphatic carbocycles. The second-order valence-corrected chi connectivity index (χ2v) is 7.97. The third-order valence-electron chi connectivity index (χ3n) is 5.71. The van der Waals surface area contributed by atoms with Crippen molar-refractivity contribution in [1.82, 2.24) is 14.9 Å². The number of nitriles is 1. The lowest BCUT2D eigenvalue weighted by atomic mass is 10.1. The lowest BCUT2D eigenvalue weighted by molar-refractivity contribution is -0.137. The van der Waals surface area contributed by atoms with E-state index in [1.165, 1.54) is 12.1 Å². The van der Waals surface area contributed by atoms with E-state index in [0.717, 1.165) is 37.9 Å². The molecular weight excluding hydrogens is 435 g/mol. The van der Waals surface area contributed by atoms with Crippen molar-refractivity contribution in [2.45, 2.75) is 38.1 Å². The van der Waals surface area contributed by atoms with Crippen LogP contribution in [0.15, 0.2) is 36.4 Å². The van der Waals surface area contributed by atoms with E-state index in [0.29, 0.717) is 28.7 Å². The summed E-state index contributed by atoms with van der Waals surface area (Å²) < 4.78 is 41.1. The molecule has 33 heavy (non-hydrogen) atoms. The van der Waals surface area contributed by atoms with Gasteiger partial charge in [0.05, 0.1) is 28.8 Å². The van der Waals surface area contributed by atoms with Crippen LogP contribution in [0.1, 0.15) is 52.4 Å². The summed E-state index contributed by atoms with van der Waals surface area (Å²) >= 11 is 0. The molecule has 1 aromatic heterocycles. The molecule has 2 heterocycles. The van der Waals surface area contributed by atoms with Crippen molar-refractivity contribution in [3.05, 3.63) is 58.7 Å². The van der Waals surface area contributed by atoms with Gasteiger partial charge in [0.2, 0.25) is 5.95 Å². The SMILES string of the molecule is N#Cc1cc(CO)cc2nc(NC(=O)c3cccc(C(F)(F)F)c3)n(C3CCCCNC3)c12. The van der Waals surface area contributed by atoms with Gasteiger partial charge in [0, 0.05) is 18.2 Å². The molecule has 1 saturated heterocycles. The summed E-state index contributed by atoms with van der Waals surface area (Å²) in [6, 6.07) is 9.39. The standard InChI is InChI=1S/C23H22F3N5O2/c24-23(25,26)17-5-3-4-15(10-17)21(33)30-22-29-19-9-14(13-32)8-16(11-27)20(19)31(22)18-6-1-2-7-28-12-18/h3-5,8-10,18,28,32H,1-2,6-7,12-13H2,(H,29,30,33). The van der Waals surface area contributed by atoms with Gasteiger partial charge in [-0.25, -0.2) is 4.98 Å². The van der Waals surface area contributed by atoms with Gasteiger partial charge in [0.1, 0.15) is 6.07 Å². The molecule has 0 bridgehead atoms. The summed E-state index contributed by atoms with van der Waals surface area (Å²) in [5, 5.41) is 25.3. The third-order valence-corrected chi connectivity index (χ3v) is 5.71. The molecule has 2 aromatic carbocycles. The van der Waals surface area contributed by atoms with E-state index in [1.807, 2.05) is 0 Å². The van der Waals surface area contributed by atoms with Crippen molar-refractivity contribution in [2.75, 3.05) is 18.4 Å². The van der Waals surface area contributed by atoms with E-state index in [2.05, 4.69) is 21.7 Å². The maximum absolute atomic E-state index is 13.1. The number of benzene rings is 2. The molecule has 1 unspecified atom stereocenters. The minimum atomic E-state index is -4.57. The molecule has 1 aliphatic heterocycles. The Morgan fingerprint density at radius 2 is 2.12 bits per heavy atom. The zero-order valence-electron chi connectivity index (χ0n) is 17.6. The predicted molar refractivity (Wildman–Crippen MR) is 116 cm³/mol. The van der Waals surface area contributed by atoms with E-state index in [1.54, 1.807) is 16.7 Å². The number of halogens is 3. The molecule has 0 saturated carbocycles. The molecule has 1 aliphatic rings. The largest absolute Gasteiger partial charge is 0.416 e. The van der Waals surface area contributed by atoms with Crippen molar-refractivity contribution in [3.63, 3.8) is 0 Å². The summed E-state index contributed by atoms with van der Waals surface area (Å²) in [5.74, 6) is -0.590. The highest BCUT2D eigenvalue weighted by Gasteiger charge is 2.31. The van der Waals surface area contributed by atoms with Crippen LogP contribution in [0.3, 0.4) is 0 Å². The number of alkyl halides is 3. The zero-order valence-corrected chi connectivity index (χ0v) is 17.6. The summed E-state index contributed by atoms with van der Waals surface area (Å²) in [5.41, 5.74) is 0.658. The van der Waals surface area contributed by atoms with Gasteiger partial charge in [-0.1, -0.05) is 12.5 Å². The molecule has 0 radical (unpaired) electrons. The number of aromatic nitrogens is 2. The number of fused-ring (bicyclic) bond motifs is 1. The summed E-state index contributed by atoms with van der Waals surface area (Å²) in [6.07, 6.45) is -1.89. The van der Waals surface area contributed by atoms with Crippen LogP contribution in [0.2, 0.25) is 0 Å². The highest BCUT2D eigenvalue weighted by molar-refractivity contribution is 6.04. The highest BCUT2D eigenvalue weighted by atomic mass is 19.4. The fourth-order valence-corrected chi connectivity index (χ4v) is 4.14. The van der Waals surface area contributed by atoms with Crippen LogP contribution >= 0.6 is 0 Å². The van der Waals surface area contributed by atoms with Crippen LogP contribution in [0.5, 0.6) is 0 Å². The van der Waals surface area contributed by atoms with Crippen molar-refractivity contribution in [2.24, 2.45) is 0 Å². The minimum absolute atomic E-state index is 0.124. The molecule has 3 aromatic rings. The molecule has 4 rings (SSSR count). The number of carbonyl (C=O) groups excluding carboxylic acids is 1. The van der Waals surface area contributed by atoms with Gasteiger partial charge >= 0.3 is 6.18 Å². The van der Waals surface area contributed by atoms with E-state index in [9.17, 15) is 28.3 Å². The van der Waals surface area contributed by atoms with Gasteiger partial charge in [-0.3, -0.25) is 10.1 Å². The van der Waals surface area contributed by atoms with Crippen molar-refractivity contribution in [3.8, 4) is 6.07 Å². The molecule has 10 heteroatoms. The minimum Gasteiger partial charge on any atom is -0.392 e. The smallest absolute Gasteiger partial charge is 0.392 e. The number of anilines is 1. The number of hydrogen-bond donors (Lipinski definition) is 3. The van der Waals surface area contributed by atoms with Crippen molar-refractivity contribution < 1.29 is 23.1 Å². The van der Waals surface area contributed by atoms with Gasteiger partial charge in [0.25, 0.3) is 5.91 Å². The Labute approximate surface area is 187 Å². The fraction of sp³-hybridized carbons (Fsp3) is 0.348. The Kier molecular flexibility index (Phi) is 6.35. The van der Waals surface area contributed by atoms with Gasteiger partial charge in [-0.05, 0) is 55.3 Å². The van der Waals surface area contributed by atoms with Crippen LogP contribution in [0.25, 0.3) is 11.0 Å². The molecular formula is C23H22F3N5O2. The Balaban J connectivity index is 1.80. The number of carbonyl (C=O) groups is 1. The second kappa shape index (κ2) is 9.21. The maximum atomic E-state index is 13.1. The average molecular weight is 457 g/mol. The van der Waals surface area contributed by atoms with Crippen LogP contribution in [-0.2, 0) is 12.8 Å². The third kappa shape index (κ3) is 4.69. The molecule has 0 spiro atoms. The van der Waals surface area contributed by atoms with Gasteiger partial charge in [-0.15, -0.1) is 0 Å². The topological polar surface area (TPSA) is 103 Å². The summed E-state index contributed by atoms with van der Waals surface area (Å²) in [4.78, 5) is 17.4. The van der Waals surface area contributed by atoms with Crippen LogP contribution in [-0.4, -0.2) is 33.7 Å². The number of aliphatic hydroxyl groups is 1. The average Bonchev–Trinajstić information content (AvgIpc) is 2.96. The first-order valence-corrected chi connectivity index (χ1v) is 10.6. The van der Waals surface area contributed by atoms with Gasteiger partial charge < -0.3 is 15.0 Å². The number of aliphatic hydroxyl groups excluding tert-OH is 1. The molecule has 7 nitrogen and oxygen atoms in total. The monoisotopic (exact) mass is 457 g/mol. The lowest BCUT2D eigenvalue weighted by Crippen LogP contribution is -2.26. The quantitative estimate of drug-likeness (QED) is 0.550. The number of nitrogens with one attached hydrogen (secondary N) is 2. The number of imidazole rings is 1. The van der Waals surface area contributed by atoms with Crippen LogP contribution in [0.4, 0.5) is 19.1 Å². The Bertz CT molecular complexity index is 1220. The number of hydrogen-bond acceptors (Lipinski definition) is 5. The van der Waals surface area contributed by atoms with E-state index < -0.39 is 17.6 Å². The Hall–Kier alpha value is -3.42. The summed E-state index contributed by atoms with van der Waals surface area (Å²) in [6.45, 7) is 1.15. The highest BCUT2D eigenvalue weighted by Crippen LogP contribution is 2.32. The lowest BCUT2D eigenvalue weighted by Gasteiger charge is -2.21. The normalized spacial score (nSPS) is 16.9. The maximum Gasteiger partial charge on any atom is 0.416 e. The number of amides is 1. The first-order valence-electron chi connectivity index (χ1n) is 10.6. The predicted octanol–water partition coefficient (Wildman–Crippen LogP) is 3.99. The first kappa shape index (κ1) is 22.8. The number of nitrogens with zero attached hydrogens (tertiary/aromatic N) is 3. The molecule has 3 N–H and O–H groups in total. The van der Waals surface area contributed by atoms with Crippen LogP contribution in [0, 0.1) is 11.3 Å². The fourth-order valence-electron chi connectivity index (χ4n) is 4.14. The van der Waals surface area contributed by atoms with Crippen molar-refractivity contribution >= 4 is 22.9 Å². The van der Waals surface area contributed by atoms with Crippen molar-refractivity contribution in [1.29, 1.82) is 5.26 Å². The number of rotatable bonds is 4. The zero-order chi connectivity index (χ0) is 23.6. The Morgan fingerprint density at radius 3 is 2.85 bits per heavy atom. The van der Waals surface area contributed by atoms with E-state index >= 15 is 0 Å². The first-order chi connectivity index (χ1) is 15.8. The molecule has 1 amide bonds. The van der Waals surface area contributed by atoms with Crippen LogP contribution < -0.4 is 10.6 Å². The molecule has 172 valence electrons.